The second kappa shape index (κ2) is 4.44. The Hall–Kier alpha value is -1.62. The number of halogens is 1. The van der Waals surface area contributed by atoms with Gasteiger partial charge in [-0.25, -0.2) is 9.18 Å². The molecular formula is C16H18FNO3. The van der Waals surface area contributed by atoms with Crippen molar-refractivity contribution in [3.05, 3.63) is 29.1 Å². The summed E-state index contributed by atoms with van der Waals surface area (Å²) in [6, 6.07) is 2.73. The van der Waals surface area contributed by atoms with Crippen LogP contribution in [0.4, 0.5) is 4.39 Å². The summed E-state index contributed by atoms with van der Waals surface area (Å²) in [5.41, 5.74) is 1.02. The number of hydrogen-bond acceptors (Lipinski definition) is 3. The maximum atomic E-state index is 13.9. The fourth-order valence-electron chi connectivity index (χ4n) is 3.49. The maximum absolute atomic E-state index is 13.9. The van der Waals surface area contributed by atoms with Crippen molar-refractivity contribution in [2.24, 2.45) is 5.41 Å². The first-order valence-electron chi connectivity index (χ1n) is 7.50. The first kappa shape index (κ1) is 13.1. The minimum absolute atomic E-state index is 0.139. The van der Waals surface area contributed by atoms with E-state index in [1.807, 2.05) is 0 Å². The van der Waals surface area contributed by atoms with Gasteiger partial charge in [0.2, 0.25) is 0 Å². The SMILES string of the molecule is O=C(O)c1cc(C2CC2)c(OC2CC3(CNC3)C2)cc1F. The molecule has 1 aromatic carbocycles. The molecule has 3 aliphatic rings. The third-order valence-electron chi connectivity index (χ3n) is 4.96. The monoisotopic (exact) mass is 291 g/mol. The van der Waals surface area contributed by atoms with Crippen LogP contribution in [0.25, 0.3) is 0 Å². The van der Waals surface area contributed by atoms with E-state index in [4.69, 9.17) is 9.84 Å². The number of carboxylic acids is 1. The lowest BCUT2D eigenvalue weighted by Crippen LogP contribution is -2.62. The van der Waals surface area contributed by atoms with Crippen molar-refractivity contribution in [2.45, 2.75) is 37.7 Å². The van der Waals surface area contributed by atoms with Gasteiger partial charge in [-0.2, -0.15) is 0 Å². The second-order valence-corrected chi connectivity index (χ2v) is 6.70. The fourth-order valence-corrected chi connectivity index (χ4v) is 3.49. The van der Waals surface area contributed by atoms with Gasteiger partial charge in [0.15, 0.2) is 0 Å². The lowest BCUT2D eigenvalue weighted by Gasteiger charge is -2.53. The summed E-state index contributed by atoms with van der Waals surface area (Å²) in [6.45, 7) is 2.10. The minimum atomic E-state index is -1.22. The second-order valence-electron chi connectivity index (χ2n) is 6.70. The van der Waals surface area contributed by atoms with Crippen LogP contribution in [0.15, 0.2) is 12.1 Å². The van der Waals surface area contributed by atoms with Gasteiger partial charge in [0.05, 0.1) is 11.7 Å². The smallest absolute Gasteiger partial charge is 0.338 e. The van der Waals surface area contributed by atoms with Gasteiger partial charge in [0.1, 0.15) is 11.6 Å². The van der Waals surface area contributed by atoms with E-state index < -0.39 is 11.8 Å². The van der Waals surface area contributed by atoms with Crippen LogP contribution < -0.4 is 10.1 Å². The van der Waals surface area contributed by atoms with E-state index in [1.165, 1.54) is 12.1 Å². The molecule has 1 aliphatic heterocycles. The highest BCUT2D eigenvalue weighted by molar-refractivity contribution is 5.88. The van der Waals surface area contributed by atoms with E-state index in [-0.39, 0.29) is 11.7 Å². The Bertz CT molecular complexity index is 600. The molecule has 2 N–H and O–H groups in total. The highest BCUT2D eigenvalue weighted by atomic mass is 19.1. The molecule has 1 heterocycles. The molecule has 3 fully saturated rings. The highest BCUT2D eigenvalue weighted by Gasteiger charge is 2.50. The maximum Gasteiger partial charge on any atom is 0.338 e. The van der Waals surface area contributed by atoms with Crippen LogP contribution in [0.1, 0.15) is 47.5 Å². The van der Waals surface area contributed by atoms with Crippen molar-refractivity contribution in [1.29, 1.82) is 0 Å². The van der Waals surface area contributed by atoms with Crippen molar-refractivity contribution in [3.8, 4) is 5.75 Å². The molecule has 1 spiro atoms. The van der Waals surface area contributed by atoms with Crippen molar-refractivity contribution < 1.29 is 19.0 Å². The molecule has 4 nitrogen and oxygen atoms in total. The lowest BCUT2D eigenvalue weighted by atomic mass is 9.63. The topological polar surface area (TPSA) is 58.6 Å². The average Bonchev–Trinajstić information content (AvgIpc) is 3.14. The molecule has 0 bridgehead atoms. The number of carbonyl (C=O) groups is 1. The summed E-state index contributed by atoms with van der Waals surface area (Å²) >= 11 is 0. The molecule has 2 saturated carbocycles. The summed E-state index contributed by atoms with van der Waals surface area (Å²) in [5, 5.41) is 12.3. The van der Waals surface area contributed by atoms with E-state index >= 15 is 0 Å². The molecule has 0 amide bonds. The Morgan fingerprint density at radius 3 is 2.57 bits per heavy atom. The van der Waals surface area contributed by atoms with E-state index in [0.717, 1.165) is 44.3 Å². The van der Waals surface area contributed by atoms with Gasteiger partial charge in [0, 0.05) is 24.6 Å². The molecule has 5 heteroatoms. The van der Waals surface area contributed by atoms with Crippen LogP contribution in [0.2, 0.25) is 0 Å². The van der Waals surface area contributed by atoms with E-state index in [0.29, 0.717) is 17.1 Å². The quantitative estimate of drug-likeness (QED) is 0.895. The zero-order chi connectivity index (χ0) is 14.6. The van der Waals surface area contributed by atoms with E-state index in [9.17, 15) is 9.18 Å². The highest BCUT2D eigenvalue weighted by Crippen LogP contribution is 2.49. The summed E-state index contributed by atoms with van der Waals surface area (Å²) < 4.78 is 19.9. The molecule has 4 rings (SSSR count). The van der Waals surface area contributed by atoms with Crippen molar-refractivity contribution >= 4 is 5.97 Å². The van der Waals surface area contributed by atoms with Crippen LogP contribution in [-0.4, -0.2) is 30.3 Å². The molecular weight excluding hydrogens is 273 g/mol. The Kier molecular flexibility index (Phi) is 2.76. The standard InChI is InChI=1S/C16H18FNO3/c17-13-4-14(21-10-5-16(6-10)7-18-8-16)11(9-1-2-9)3-12(13)15(19)20/h3-4,9-10,18H,1-2,5-8H2,(H,19,20). The van der Waals surface area contributed by atoms with Crippen LogP contribution in [0.5, 0.6) is 5.75 Å². The van der Waals surface area contributed by atoms with Crippen LogP contribution in [0.3, 0.4) is 0 Å². The zero-order valence-corrected chi connectivity index (χ0v) is 11.7. The van der Waals surface area contributed by atoms with Gasteiger partial charge in [-0.1, -0.05) is 0 Å². The first-order valence-corrected chi connectivity index (χ1v) is 7.50. The van der Waals surface area contributed by atoms with Crippen LogP contribution in [0, 0.1) is 11.2 Å². The summed E-state index contributed by atoms with van der Waals surface area (Å²) in [5.74, 6) is -1.05. The number of ether oxygens (including phenoxy) is 1. The molecule has 0 unspecified atom stereocenters. The number of rotatable bonds is 4. The fraction of sp³-hybridized carbons (Fsp3) is 0.562. The minimum Gasteiger partial charge on any atom is -0.490 e. The van der Waals surface area contributed by atoms with Crippen LogP contribution >= 0.6 is 0 Å². The third kappa shape index (κ3) is 2.20. The Morgan fingerprint density at radius 2 is 2.05 bits per heavy atom. The molecule has 1 saturated heterocycles. The number of benzene rings is 1. The van der Waals surface area contributed by atoms with Gasteiger partial charge in [-0.05, 0) is 43.2 Å². The Morgan fingerprint density at radius 1 is 1.33 bits per heavy atom. The molecule has 1 aromatic rings. The molecule has 0 atom stereocenters. The predicted octanol–water partition coefficient (Wildman–Crippen LogP) is 2.53. The van der Waals surface area contributed by atoms with Crippen molar-refractivity contribution in [1.82, 2.24) is 5.32 Å². The number of carboxylic acid groups (broad SMARTS) is 1. The number of nitrogens with one attached hydrogen (secondary N) is 1. The zero-order valence-electron chi connectivity index (χ0n) is 11.7. The summed E-state index contributed by atoms with van der Waals surface area (Å²) in [4.78, 5) is 11.1. The number of hydrogen-bond donors (Lipinski definition) is 2. The van der Waals surface area contributed by atoms with Gasteiger partial charge in [-0.3, -0.25) is 0 Å². The van der Waals surface area contributed by atoms with Gasteiger partial charge in [0.25, 0.3) is 0 Å². The van der Waals surface area contributed by atoms with Crippen molar-refractivity contribution in [3.63, 3.8) is 0 Å². The molecule has 21 heavy (non-hydrogen) atoms. The summed E-state index contributed by atoms with van der Waals surface area (Å²) in [7, 11) is 0. The molecule has 0 radical (unpaired) electrons. The predicted molar refractivity (Wildman–Crippen MR) is 74.3 cm³/mol. The molecule has 112 valence electrons. The van der Waals surface area contributed by atoms with Crippen LogP contribution in [-0.2, 0) is 0 Å². The molecule has 2 aliphatic carbocycles. The normalized spacial score (nSPS) is 23.5. The molecule has 0 aromatic heterocycles. The summed E-state index contributed by atoms with van der Waals surface area (Å²) in [6.07, 6.45) is 4.21. The van der Waals surface area contributed by atoms with E-state index in [1.54, 1.807) is 0 Å². The Balaban J connectivity index is 1.56. The first-order chi connectivity index (χ1) is 10.1. The van der Waals surface area contributed by atoms with Gasteiger partial charge < -0.3 is 15.2 Å². The number of aromatic carboxylic acids is 1. The largest absolute Gasteiger partial charge is 0.490 e. The van der Waals surface area contributed by atoms with Gasteiger partial charge in [-0.15, -0.1) is 0 Å². The Labute approximate surface area is 122 Å². The third-order valence-corrected chi connectivity index (χ3v) is 4.96. The lowest BCUT2D eigenvalue weighted by molar-refractivity contribution is -0.0499. The van der Waals surface area contributed by atoms with Crippen molar-refractivity contribution in [2.75, 3.05) is 13.1 Å². The van der Waals surface area contributed by atoms with Gasteiger partial charge >= 0.3 is 5.97 Å². The van der Waals surface area contributed by atoms with E-state index in [2.05, 4.69) is 5.32 Å². The average molecular weight is 291 g/mol.